The van der Waals surface area contributed by atoms with E-state index >= 15 is 0 Å². The van der Waals surface area contributed by atoms with Crippen molar-refractivity contribution in [3.05, 3.63) is 29.3 Å². The molecule has 0 spiro atoms. The van der Waals surface area contributed by atoms with Crippen molar-refractivity contribution < 1.29 is 4.79 Å². The number of carbonyl (C=O) groups excluding carboxylic acids is 1. The monoisotopic (exact) mass is 227 g/mol. The molecule has 2 nitrogen and oxygen atoms in total. The fraction of sp³-hybridized carbons (Fsp3) is 0.222. The molecule has 1 aromatic carbocycles. The van der Waals surface area contributed by atoms with Crippen molar-refractivity contribution in [3.8, 4) is 0 Å². The van der Waals surface area contributed by atoms with E-state index < -0.39 is 0 Å². The Hall–Kier alpha value is -0.830. The minimum absolute atomic E-state index is 0.212. The van der Waals surface area contributed by atoms with Crippen molar-refractivity contribution in [1.29, 1.82) is 0 Å². The molecule has 0 fully saturated rings. The van der Waals surface area contributed by atoms with Gasteiger partial charge >= 0.3 is 0 Å². The molecule has 0 saturated carbocycles. The number of carbonyl (C=O) groups is 1. The first-order valence-corrected chi connectivity index (χ1v) is 4.42. The van der Waals surface area contributed by atoms with Crippen molar-refractivity contribution >= 4 is 26.4 Å². The van der Waals surface area contributed by atoms with E-state index in [0.29, 0.717) is 0 Å². The lowest BCUT2D eigenvalue weighted by Gasteiger charge is -2.05. The number of hydrogen-bond acceptors (Lipinski definition) is 1. The van der Waals surface area contributed by atoms with E-state index in [1.807, 2.05) is 32.0 Å². The van der Waals surface area contributed by atoms with Crippen molar-refractivity contribution in [1.82, 2.24) is 0 Å². The molecule has 0 heterocycles. The SMILES string of the molecule is Cc1ccc(C)c(NC(=O)Br)c1. The summed E-state index contributed by atoms with van der Waals surface area (Å²) in [7, 11) is 0. The van der Waals surface area contributed by atoms with Gasteiger partial charge in [-0.05, 0) is 31.0 Å². The highest BCUT2D eigenvalue weighted by atomic mass is 79.9. The zero-order valence-corrected chi connectivity index (χ0v) is 8.60. The molecular formula is C9H10BrNO. The fourth-order valence-corrected chi connectivity index (χ4v) is 1.19. The van der Waals surface area contributed by atoms with Crippen molar-refractivity contribution in [2.75, 3.05) is 5.32 Å². The number of rotatable bonds is 1. The van der Waals surface area contributed by atoms with Crippen LogP contribution >= 0.6 is 15.9 Å². The van der Waals surface area contributed by atoms with Gasteiger partial charge in [0, 0.05) is 21.6 Å². The molecule has 1 aromatic rings. The van der Waals surface area contributed by atoms with E-state index in [2.05, 4.69) is 21.2 Å². The number of nitrogens with one attached hydrogen (secondary N) is 1. The lowest BCUT2D eigenvalue weighted by Crippen LogP contribution is -2.02. The van der Waals surface area contributed by atoms with Crippen LogP contribution in [-0.2, 0) is 0 Å². The molecule has 0 aromatic heterocycles. The topological polar surface area (TPSA) is 29.1 Å². The van der Waals surface area contributed by atoms with Crippen LogP contribution in [0.1, 0.15) is 11.1 Å². The molecule has 0 unspecified atom stereocenters. The summed E-state index contributed by atoms with van der Waals surface area (Å²) < 4.78 is 0. The molecular weight excluding hydrogens is 218 g/mol. The molecule has 0 aliphatic rings. The molecule has 0 saturated heterocycles. The van der Waals surface area contributed by atoms with Crippen LogP contribution in [0.2, 0.25) is 0 Å². The summed E-state index contributed by atoms with van der Waals surface area (Å²) in [5, 5.41) is 2.69. The minimum atomic E-state index is -0.212. The maximum absolute atomic E-state index is 10.7. The Bertz CT molecular complexity index is 309. The van der Waals surface area contributed by atoms with Crippen LogP contribution in [0, 0.1) is 13.8 Å². The second kappa shape index (κ2) is 3.72. The van der Waals surface area contributed by atoms with Crippen LogP contribution < -0.4 is 5.32 Å². The minimum Gasteiger partial charge on any atom is -0.316 e. The maximum atomic E-state index is 10.7. The second-order valence-electron chi connectivity index (χ2n) is 2.72. The van der Waals surface area contributed by atoms with E-state index in [1.165, 1.54) is 0 Å². The third-order valence-corrected chi connectivity index (χ3v) is 1.82. The van der Waals surface area contributed by atoms with Crippen LogP contribution in [0.25, 0.3) is 0 Å². The van der Waals surface area contributed by atoms with Gasteiger partial charge in [-0.1, -0.05) is 12.1 Å². The van der Waals surface area contributed by atoms with Gasteiger partial charge in [0.1, 0.15) is 0 Å². The molecule has 3 heteroatoms. The molecule has 0 aliphatic carbocycles. The van der Waals surface area contributed by atoms with Gasteiger partial charge in [0.05, 0.1) is 0 Å². The van der Waals surface area contributed by atoms with E-state index in [-0.39, 0.29) is 4.82 Å². The Morgan fingerprint density at radius 3 is 2.67 bits per heavy atom. The fourth-order valence-electron chi connectivity index (χ4n) is 0.976. The predicted octanol–water partition coefficient (Wildman–Crippen LogP) is 3.23. The predicted molar refractivity (Wildman–Crippen MR) is 53.9 cm³/mol. The lowest BCUT2D eigenvalue weighted by atomic mass is 10.1. The summed E-state index contributed by atoms with van der Waals surface area (Å²) in [6.45, 7) is 3.95. The van der Waals surface area contributed by atoms with Crippen LogP contribution in [0.3, 0.4) is 0 Å². The van der Waals surface area contributed by atoms with Gasteiger partial charge in [-0.2, -0.15) is 0 Å². The Kier molecular flexibility index (Phi) is 2.87. The maximum Gasteiger partial charge on any atom is 0.291 e. The quantitative estimate of drug-likeness (QED) is 0.580. The van der Waals surface area contributed by atoms with Crippen LogP contribution in [0.5, 0.6) is 0 Å². The number of aryl methyl sites for hydroxylation is 2. The summed E-state index contributed by atoms with van der Waals surface area (Å²) in [4.78, 5) is 10.5. The zero-order valence-electron chi connectivity index (χ0n) is 7.02. The van der Waals surface area contributed by atoms with Crippen LogP contribution in [0.4, 0.5) is 10.5 Å². The van der Waals surface area contributed by atoms with Gasteiger partial charge in [0.25, 0.3) is 4.82 Å². The molecule has 1 amide bonds. The normalized spacial score (nSPS) is 9.58. The van der Waals surface area contributed by atoms with Gasteiger partial charge in [0.15, 0.2) is 0 Å². The highest BCUT2D eigenvalue weighted by Gasteiger charge is 2.00. The van der Waals surface area contributed by atoms with Gasteiger partial charge < -0.3 is 5.32 Å². The average molecular weight is 228 g/mol. The third-order valence-electron chi connectivity index (χ3n) is 1.63. The van der Waals surface area contributed by atoms with Gasteiger partial charge in [0.2, 0.25) is 0 Å². The largest absolute Gasteiger partial charge is 0.316 e. The standard InChI is InChI=1S/C9H10BrNO/c1-6-3-4-7(2)8(5-6)11-9(10)12/h3-5H,1-2H3,(H,11,12). The molecule has 64 valence electrons. The summed E-state index contributed by atoms with van der Waals surface area (Å²) >= 11 is 2.82. The first kappa shape index (κ1) is 9.26. The van der Waals surface area contributed by atoms with E-state index in [9.17, 15) is 4.79 Å². The lowest BCUT2D eigenvalue weighted by molar-refractivity contribution is 0.270. The third kappa shape index (κ3) is 2.34. The Labute approximate surface area is 80.1 Å². The van der Waals surface area contributed by atoms with Gasteiger partial charge in [-0.25, -0.2) is 0 Å². The number of amides is 1. The first-order chi connectivity index (χ1) is 5.59. The molecule has 12 heavy (non-hydrogen) atoms. The molecule has 0 atom stereocenters. The molecule has 0 aliphatic heterocycles. The summed E-state index contributed by atoms with van der Waals surface area (Å²) in [5.74, 6) is 0. The van der Waals surface area contributed by atoms with Crippen molar-refractivity contribution in [2.45, 2.75) is 13.8 Å². The number of halogens is 1. The number of benzene rings is 1. The highest BCUT2D eigenvalue weighted by molar-refractivity contribution is 9.18. The van der Waals surface area contributed by atoms with E-state index in [4.69, 9.17) is 0 Å². The molecule has 0 radical (unpaired) electrons. The van der Waals surface area contributed by atoms with Crippen molar-refractivity contribution in [3.63, 3.8) is 0 Å². The Morgan fingerprint density at radius 1 is 1.42 bits per heavy atom. The van der Waals surface area contributed by atoms with Gasteiger partial charge in [-0.3, -0.25) is 4.79 Å². The Morgan fingerprint density at radius 2 is 2.08 bits per heavy atom. The summed E-state index contributed by atoms with van der Waals surface area (Å²) in [5.41, 5.74) is 3.06. The van der Waals surface area contributed by atoms with Crippen molar-refractivity contribution in [2.24, 2.45) is 0 Å². The number of anilines is 1. The van der Waals surface area contributed by atoms with Crippen LogP contribution in [0.15, 0.2) is 18.2 Å². The highest BCUT2D eigenvalue weighted by Crippen LogP contribution is 2.16. The second-order valence-corrected chi connectivity index (χ2v) is 3.44. The smallest absolute Gasteiger partial charge is 0.291 e. The molecule has 1 rings (SSSR count). The molecule has 1 N–H and O–H groups in total. The average Bonchev–Trinajstić information content (AvgIpc) is 1.96. The summed E-state index contributed by atoms with van der Waals surface area (Å²) in [6.07, 6.45) is 0. The zero-order chi connectivity index (χ0) is 9.14. The first-order valence-electron chi connectivity index (χ1n) is 3.63. The van der Waals surface area contributed by atoms with E-state index in [1.54, 1.807) is 0 Å². The van der Waals surface area contributed by atoms with Crippen LogP contribution in [-0.4, -0.2) is 4.82 Å². The molecule has 0 bridgehead atoms. The van der Waals surface area contributed by atoms with E-state index in [0.717, 1.165) is 16.8 Å². The summed E-state index contributed by atoms with van der Waals surface area (Å²) in [6, 6.07) is 5.93. The van der Waals surface area contributed by atoms with Gasteiger partial charge in [-0.15, -0.1) is 0 Å². The number of hydrogen-bond donors (Lipinski definition) is 1. The Balaban J connectivity index is 2.97.